The van der Waals surface area contributed by atoms with E-state index < -0.39 is 0 Å². The van der Waals surface area contributed by atoms with Crippen molar-refractivity contribution in [2.24, 2.45) is 0 Å². The molecule has 0 unspecified atom stereocenters. The molecule has 0 atom stereocenters. The van der Waals surface area contributed by atoms with Crippen LogP contribution in [-0.2, 0) is 0 Å². The van der Waals surface area contributed by atoms with Crippen LogP contribution in [0.3, 0.4) is 0 Å². The zero-order valence-electron chi connectivity index (χ0n) is 11.2. The molecule has 0 aliphatic heterocycles. The maximum Gasteiger partial charge on any atom is 0.221 e. The summed E-state index contributed by atoms with van der Waals surface area (Å²) in [5, 5.41) is 7.56. The summed E-state index contributed by atoms with van der Waals surface area (Å²) >= 11 is 0. The van der Waals surface area contributed by atoms with Crippen LogP contribution in [0, 0.1) is 6.92 Å². The highest BCUT2D eigenvalue weighted by Gasteiger charge is 2.10. The van der Waals surface area contributed by atoms with E-state index >= 15 is 0 Å². The molecular formula is C14H13N5O. The summed E-state index contributed by atoms with van der Waals surface area (Å²) < 4.78 is 7.05. The van der Waals surface area contributed by atoms with Crippen LogP contribution < -0.4 is 4.74 Å². The number of pyridine rings is 2. The summed E-state index contributed by atoms with van der Waals surface area (Å²) in [5.74, 6) is 1.37. The molecule has 0 saturated heterocycles. The first-order valence-electron chi connectivity index (χ1n) is 6.10. The van der Waals surface area contributed by atoms with Crippen molar-refractivity contribution in [3.63, 3.8) is 0 Å². The van der Waals surface area contributed by atoms with E-state index in [4.69, 9.17) is 4.74 Å². The minimum Gasteiger partial charge on any atom is -0.481 e. The van der Waals surface area contributed by atoms with Crippen molar-refractivity contribution in [1.82, 2.24) is 24.7 Å². The molecule has 0 amide bonds. The van der Waals surface area contributed by atoms with Gasteiger partial charge in [0.2, 0.25) is 5.88 Å². The Balaban J connectivity index is 2.08. The number of methoxy groups -OCH3 is 1. The van der Waals surface area contributed by atoms with Crippen LogP contribution in [0.1, 0.15) is 5.56 Å². The smallest absolute Gasteiger partial charge is 0.221 e. The van der Waals surface area contributed by atoms with Gasteiger partial charge in [0.25, 0.3) is 0 Å². The average molecular weight is 267 g/mol. The Kier molecular flexibility index (Phi) is 3.12. The Morgan fingerprint density at radius 2 is 1.90 bits per heavy atom. The van der Waals surface area contributed by atoms with E-state index in [1.54, 1.807) is 30.5 Å². The van der Waals surface area contributed by atoms with Crippen molar-refractivity contribution in [1.29, 1.82) is 0 Å². The van der Waals surface area contributed by atoms with Gasteiger partial charge in [-0.3, -0.25) is 4.57 Å². The molecule has 6 nitrogen and oxygen atoms in total. The van der Waals surface area contributed by atoms with E-state index in [0.717, 1.165) is 22.5 Å². The van der Waals surface area contributed by atoms with Crippen molar-refractivity contribution >= 4 is 0 Å². The third kappa shape index (κ3) is 2.11. The van der Waals surface area contributed by atoms with Gasteiger partial charge in [-0.1, -0.05) is 0 Å². The highest BCUT2D eigenvalue weighted by atomic mass is 16.5. The molecule has 3 heterocycles. The fourth-order valence-electron chi connectivity index (χ4n) is 2.04. The molecule has 0 saturated carbocycles. The molecule has 0 fully saturated rings. The average Bonchev–Trinajstić information content (AvgIpc) is 3.01. The van der Waals surface area contributed by atoms with Gasteiger partial charge < -0.3 is 4.74 Å². The lowest BCUT2D eigenvalue weighted by molar-refractivity contribution is 0.399. The van der Waals surface area contributed by atoms with Crippen molar-refractivity contribution in [3.05, 3.63) is 48.8 Å². The Bertz CT molecular complexity index is 724. The van der Waals surface area contributed by atoms with Gasteiger partial charge in [-0.25, -0.2) is 9.97 Å². The molecule has 0 radical (unpaired) electrons. The Morgan fingerprint density at radius 3 is 2.60 bits per heavy atom. The number of aryl methyl sites for hydroxylation is 1. The highest BCUT2D eigenvalue weighted by molar-refractivity contribution is 5.71. The minimum absolute atomic E-state index is 0.592. The van der Waals surface area contributed by atoms with E-state index in [2.05, 4.69) is 20.2 Å². The predicted octanol–water partition coefficient (Wildman–Crippen LogP) is 2.04. The van der Waals surface area contributed by atoms with Crippen LogP contribution in [0.25, 0.3) is 16.9 Å². The third-order valence-electron chi connectivity index (χ3n) is 3.03. The molecule has 6 heteroatoms. The molecule has 100 valence electrons. The molecule has 0 spiro atoms. The number of hydrogen-bond donors (Lipinski definition) is 0. The quantitative estimate of drug-likeness (QED) is 0.726. The highest BCUT2D eigenvalue weighted by Crippen LogP contribution is 2.30. The van der Waals surface area contributed by atoms with Gasteiger partial charge in [0, 0.05) is 23.5 Å². The van der Waals surface area contributed by atoms with Gasteiger partial charge in [0.1, 0.15) is 18.5 Å². The second-order valence-corrected chi connectivity index (χ2v) is 4.29. The molecule has 3 aromatic rings. The third-order valence-corrected chi connectivity index (χ3v) is 3.03. The maximum absolute atomic E-state index is 5.29. The number of nitrogens with zero attached hydrogens (tertiary/aromatic N) is 5. The van der Waals surface area contributed by atoms with Gasteiger partial charge in [-0.2, -0.15) is 0 Å². The first-order valence-corrected chi connectivity index (χ1v) is 6.10. The zero-order valence-corrected chi connectivity index (χ0v) is 11.2. The van der Waals surface area contributed by atoms with Crippen LogP contribution >= 0.6 is 0 Å². The molecule has 20 heavy (non-hydrogen) atoms. The summed E-state index contributed by atoms with van der Waals surface area (Å²) in [4.78, 5) is 8.65. The Morgan fingerprint density at radius 1 is 1.10 bits per heavy atom. The second kappa shape index (κ2) is 5.08. The number of hydrogen-bond acceptors (Lipinski definition) is 5. The normalized spacial score (nSPS) is 10.5. The van der Waals surface area contributed by atoms with E-state index in [1.165, 1.54) is 0 Å². The van der Waals surface area contributed by atoms with Crippen LogP contribution in [0.5, 0.6) is 5.88 Å². The molecule has 0 aliphatic rings. The molecule has 3 aromatic heterocycles. The van der Waals surface area contributed by atoms with E-state index in [0.29, 0.717) is 5.88 Å². The van der Waals surface area contributed by atoms with Gasteiger partial charge >= 0.3 is 0 Å². The lowest BCUT2D eigenvalue weighted by Crippen LogP contribution is -1.98. The van der Waals surface area contributed by atoms with Gasteiger partial charge in [-0.05, 0) is 30.7 Å². The number of aromatic nitrogens is 5. The predicted molar refractivity (Wildman–Crippen MR) is 73.7 cm³/mol. The van der Waals surface area contributed by atoms with Gasteiger partial charge in [0.05, 0.1) is 7.11 Å². The van der Waals surface area contributed by atoms with Crippen molar-refractivity contribution in [2.45, 2.75) is 6.92 Å². The van der Waals surface area contributed by atoms with Gasteiger partial charge in [0.15, 0.2) is 0 Å². The Hall–Kier alpha value is -2.76. The first-order chi connectivity index (χ1) is 9.79. The van der Waals surface area contributed by atoms with Crippen molar-refractivity contribution < 1.29 is 4.74 Å². The molecule has 0 aliphatic carbocycles. The zero-order chi connectivity index (χ0) is 13.9. The largest absolute Gasteiger partial charge is 0.481 e. The fraction of sp³-hybridized carbons (Fsp3) is 0.143. The Labute approximate surface area is 116 Å². The van der Waals surface area contributed by atoms with Crippen LogP contribution in [0.2, 0.25) is 0 Å². The summed E-state index contributed by atoms with van der Waals surface area (Å²) in [6.45, 7) is 2.03. The molecule has 0 N–H and O–H groups in total. The molecular weight excluding hydrogens is 254 g/mol. The summed E-state index contributed by atoms with van der Waals surface area (Å²) in [7, 11) is 1.61. The van der Waals surface area contributed by atoms with Crippen LogP contribution in [0.4, 0.5) is 0 Å². The van der Waals surface area contributed by atoms with E-state index in [-0.39, 0.29) is 0 Å². The standard InChI is InChI=1S/C14H13N5O/c1-10-6-13(19-8-17-18-9-19)16-7-12(10)11-4-3-5-15-14(11)20-2/h3-9H,1-2H3. The lowest BCUT2D eigenvalue weighted by Gasteiger charge is -2.10. The molecule has 0 bridgehead atoms. The number of rotatable bonds is 3. The summed E-state index contributed by atoms with van der Waals surface area (Å²) in [5.41, 5.74) is 3.00. The minimum atomic E-state index is 0.592. The van der Waals surface area contributed by atoms with E-state index in [1.807, 2.05) is 31.3 Å². The second-order valence-electron chi connectivity index (χ2n) is 4.29. The van der Waals surface area contributed by atoms with Crippen molar-refractivity contribution in [2.75, 3.05) is 7.11 Å². The monoisotopic (exact) mass is 267 g/mol. The van der Waals surface area contributed by atoms with Crippen molar-refractivity contribution in [3.8, 4) is 22.8 Å². The van der Waals surface area contributed by atoms with Crippen LogP contribution in [-0.4, -0.2) is 31.8 Å². The first kappa shape index (κ1) is 12.3. The SMILES string of the molecule is COc1ncccc1-c1cnc(-n2cnnc2)cc1C. The molecule has 0 aromatic carbocycles. The number of ether oxygens (including phenoxy) is 1. The molecule has 3 rings (SSSR count). The fourth-order valence-corrected chi connectivity index (χ4v) is 2.04. The lowest BCUT2D eigenvalue weighted by atomic mass is 10.0. The van der Waals surface area contributed by atoms with Crippen LogP contribution in [0.15, 0.2) is 43.2 Å². The van der Waals surface area contributed by atoms with Gasteiger partial charge in [-0.15, -0.1) is 10.2 Å². The maximum atomic E-state index is 5.29. The summed E-state index contributed by atoms with van der Waals surface area (Å²) in [6.07, 6.45) is 6.75. The summed E-state index contributed by atoms with van der Waals surface area (Å²) in [6, 6.07) is 5.82. The topological polar surface area (TPSA) is 65.7 Å². The van der Waals surface area contributed by atoms with E-state index in [9.17, 15) is 0 Å².